The van der Waals surface area contributed by atoms with E-state index in [0.29, 0.717) is 84.0 Å². The number of aliphatic carboxylic acids is 1. The summed E-state index contributed by atoms with van der Waals surface area (Å²) in [5.74, 6) is -4.00. The number of aliphatic hydroxyl groups is 1. The smallest absolute Gasteiger partial charge is 0.328 e. The quantitative estimate of drug-likeness (QED) is 0.0432. The summed E-state index contributed by atoms with van der Waals surface area (Å²) < 4.78 is 0. The van der Waals surface area contributed by atoms with Gasteiger partial charge in [0.25, 0.3) is 0 Å². The van der Waals surface area contributed by atoms with Crippen LogP contribution in [0.25, 0.3) is 0 Å². The van der Waals surface area contributed by atoms with Gasteiger partial charge in [-0.15, -0.1) is 0 Å². The van der Waals surface area contributed by atoms with E-state index in [9.17, 15) is 34.2 Å². The fraction of sp³-hybridized carbons (Fsp3) is 0.821. The lowest BCUT2D eigenvalue weighted by molar-refractivity contribution is -0.145. The molecule has 4 amide bonds. The fourth-order valence-corrected chi connectivity index (χ4v) is 4.39. The van der Waals surface area contributed by atoms with E-state index >= 15 is 0 Å². The second-order valence-corrected chi connectivity index (χ2v) is 11.0. The molecule has 0 aromatic heterocycles. The summed E-state index contributed by atoms with van der Waals surface area (Å²) in [5.41, 5.74) is 28.3. The van der Waals surface area contributed by atoms with Gasteiger partial charge in [0, 0.05) is 0 Å². The van der Waals surface area contributed by atoms with Gasteiger partial charge >= 0.3 is 5.97 Å². The lowest BCUT2D eigenvalue weighted by Crippen LogP contribution is -2.59. The number of carboxylic acid groups (broad SMARTS) is 1. The molecule has 6 atom stereocenters. The molecule has 0 unspecified atom stereocenters. The number of nitrogens with two attached hydrogens (primary N) is 5. The number of amides is 4. The van der Waals surface area contributed by atoms with Crippen LogP contribution in [0.4, 0.5) is 0 Å². The highest BCUT2D eigenvalue weighted by Crippen LogP contribution is 2.09. The summed E-state index contributed by atoms with van der Waals surface area (Å²) >= 11 is 0. The van der Waals surface area contributed by atoms with Crippen molar-refractivity contribution in [2.24, 2.45) is 28.7 Å². The predicted molar refractivity (Wildman–Crippen MR) is 167 cm³/mol. The lowest BCUT2D eigenvalue weighted by atomic mass is 10.0. The summed E-state index contributed by atoms with van der Waals surface area (Å²) in [6, 6.07) is -5.64. The largest absolute Gasteiger partial charge is 0.480 e. The molecule has 0 spiro atoms. The van der Waals surface area contributed by atoms with Gasteiger partial charge in [-0.3, -0.25) is 19.2 Å². The maximum absolute atomic E-state index is 13.5. The molecule has 44 heavy (non-hydrogen) atoms. The third kappa shape index (κ3) is 17.4. The van der Waals surface area contributed by atoms with Gasteiger partial charge in [-0.2, -0.15) is 0 Å². The normalized spacial score (nSPS) is 15.2. The summed E-state index contributed by atoms with van der Waals surface area (Å²) in [6.45, 7) is 2.81. The molecule has 0 rings (SSSR count). The topological polar surface area (TPSA) is 304 Å². The molecule has 0 aliphatic carbocycles. The van der Waals surface area contributed by atoms with E-state index in [1.54, 1.807) is 0 Å². The summed E-state index contributed by atoms with van der Waals surface area (Å²) in [7, 11) is 0. The van der Waals surface area contributed by atoms with Crippen LogP contribution >= 0.6 is 0 Å². The maximum atomic E-state index is 13.5. The monoisotopic (exact) mass is 631 g/mol. The van der Waals surface area contributed by atoms with Crippen LogP contribution in [0.15, 0.2) is 0 Å². The van der Waals surface area contributed by atoms with Crippen molar-refractivity contribution in [3.05, 3.63) is 0 Å². The zero-order chi connectivity index (χ0) is 33.5. The Labute approximate surface area is 260 Å². The highest BCUT2D eigenvalue weighted by Gasteiger charge is 2.32. The van der Waals surface area contributed by atoms with Crippen LogP contribution in [0, 0.1) is 0 Å². The molecule has 0 radical (unpaired) electrons. The minimum atomic E-state index is -1.59. The van der Waals surface area contributed by atoms with Crippen LogP contribution < -0.4 is 49.9 Å². The third-order valence-corrected chi connectivity index (χ3v) is 7.09. The van der Waals surface area contributed by atoms with Gasteiger partial charge in [0.1, 0.15) is 18.1 Å². The standard InChI is InChI=1S/C28H57N9O7/c1-18(38)23(28(43)44)37-27(42)22(13-5-9-17-32)36-26(41)21(12-4-8-16-31)35-25(40)20(11-3-7-15-30)34-24(39)19(33)10-2-6-14-29/h18-23,38H,2-17,29-33H2,1H3,(H,34,39)(H,35,40)(H,36,41)(H,37,42)(H,43,44)/t18-,19+,20+,21+,22+,23+/m1/s1. The third-order valence-electron chi connectivity index (χ3n) is 7.09. The van der Waals surface area contributed by atoms with Crippen molar-refractivity contribution in [1.82, 2.24) is 21.3 Å². The van der Waals surface area contributed by atoms with Gasteiger partial charge in [0.15, 0.2) is 6.04 Å². The van der Waals surface area contributed by atoms with Crippen molar-refractivity contribution in [1.29, 1.82) is 0 Å². The minimum absolute atomic E-state index is 0.143. The van der Waals surface area contributed by atoms with Gasteiger partial charge in [-0.25, -0.2) is 4.79 Å². The molecular weight excluding hydrogens is 574 g/mol. The zero-order valence-corrected chi connectivity index (χ0v) is 26.1. The molecular formula is C28H57N9O7. The van der Waals surface area contributed by atoms with Crippen molar-refractivity contribution in [2.45, 2.75) is 120 Å². The van der Waals surface area contributed by atoms with Crippen molar-refractivity contribution in [3.63, 3.8) is 0 Å². The number of hydrogen-bond acceptors (Lipinski definition) is 11. The van der Waals surface area contributed by atoms with Crippen molar-refractivity contribution in [3.8, 4) is 0 Å². The molecule has 16 heteroatoms. The first-order valence-corrected chi connectivity index (χ1v) is 15.6. The Balaban J connectivity index is 5.87. The van der Waals surface area contributed by atoms with Crippen LogP contribution in [0.3, 0.4) is 0 Å². The molecule has 16 N–H and O–H groups in total. The number of unbranched alkanes of at least 4 members (excludes halogenated alkanes) is 4. The molecule has 0 aromatic carbocycles. The van der Waals surface area contributed by atoms with Crippen LogP contribution in [-0.4, -0.2) is 102 Å². The van der Waals surface area contributed by atoms with Crippen LogP contribution in [0.2, 0.25) is 0 Å². The second kappa shape index (κ2) is 24.4. The number of hydrogen-bond donors (Lipinski definition) is 11. The van der Waals surface area contributed by atoms with Crippen molar-refractivity contribution < 1.29 is 34.2 Å². The fourth-order valence-electron chi connectivity index (χ4n) is 4.39. The number of carbonyl (C=O) groups excluding carboxylic acids is 4. The average molecular weight is 632 g/mol. The zero-order valence-electron chi connectivity index (χ0n) is 26.1. The highest BCUT2D eigenvalue weighted by atomic mass is 16.4. The van der Waals surface area contributed by atoms with Gasteiger partial charge in [0.05, 0.1) is 12.1 Å². The van der Waals surface area contributed by atoms with Crippen molar-refractivity contribution in [2.75, 3.05) is 26.2 Å². The lowest BCUT2D eigenvalue weighted by Gasteiger charge is -2.27. The molecule has 0 saturated heterocycles. The van der Waals surface area contributed by atoms with Gasteiger partial charge < -0.3 is 60.1 Å². The molecule has 0 saturated carbocycles. The van der Waals surface area contributed by atoms with E-state index in [0.717, 1.165) is 0 Å². The predicted octanol–water partition coefficient (Wildman–Crippen LogP) is -2.77. The van der Waals surface area contributed by atoms with E-state index in [4.69, 9.17) is 28.7 Å². The van der Waals surface area contributed by atoms with E-state index in [2.05, 4.69) is 21.3 Å². The van der Waals surface area contributed by atoms with Crippen LogP contribution in [0.5, 0.6) is 0 Å². The number of aliphatic hydroxyl groups excluding tert-OH is 1. The van der Waals surface area contributed by atoms with Crippen molar-refractivity contribution >= 4 is 29.6 Å². The summed E-state index contributed by atoms with van der Waals surface area (Å²) in [4.78, 5) is 64.2. The number of nitrogens with one attached hydrogen (secondary N) is 4. The van der Waals surface area contributed by atoms with E-state index in [-0.39, 0.29) is 19.3 Å². The Kier molecular flexibility index (Phi) is 22.8. The summed E-state index contributed by atoms with van der Waals surface area (Å²) in [6.07, 6.45) is 4.19. The van der Waals surface area contributed by atoms with E-state index < -0.39 is 65.9 Å². The second-order valence-electron chi connectivity index (χ2n) is 11.0. The van der Waals surface area contributed by atoms with E-state index in [1.165, 1.54) is 6.92 Å². The first kappa shape index (κ1) is 41.1. The molecule has 256 valence electrons. The Morgan fingerprint density at radius 2 is 0.864 bits per heavy atom. The number of carboxylic acids is 1. The minimum Gasteiger partial charge on any atom is -0.480 e. The Bertz CT molecular complexity index is 863. The van der Waals surface area contributed by atoms with Crippen LogP contribution in [-0.2, 0) is 24.0 Å². The van der Waals surface area contributed by atoms with Gasteiger partial charge in [-0.1, -0.05) is 6.42 Å². The molecule has 0 aromatic rings. The maximum Gasteiger partial charge on any atom is 0.328 e. The molecule has 16 nitrogen and oxygen atoms in total. The molecule has 0 heterocycles. The summed E-state index contributed by atoms with van der Waals surface area (Å²) in [5, 5.41) is 29.5. The Hall–Kier alpha value is -2.89. The highest BCUT2D eigenvalue weighted by molar-refractivity contribution is 5.95. The number of carbonyl (C=O) groups is 5. The first-order chi connectivity index (χ1) is 20.9. The average Bonchev–Trinajstić information content (AvgIpc) is 2.97. The Morgan fingerprint density at radius 1 is 0.545 bits per heavy atom. The molecule has 0 aliphatic rings. The van der Waals surface area contributed by atoms with Gasteiger partial charge in [0.2, 0.25) is 23.6 Å². The Morgan fingerprint density at radius 3 is 1.18 bits per heavy atom. The van der Waals surface area contributed by atoms with E-state index in [1.807, 2.05) is 0 Å². The molecule has 0 fully saturated rings. The van der Waals surface area contributed by atoms with Gasteiger partial charge in [-0.05, 0) is 104 Å². The first-order valence-electron chi connectivity index (χ1n) is 15.6. The number of rotatable bonds is 26. The van der Waals surface area contributed by atoms with Crippen LogP contribution in [0.1, 0.15) is 84.0 Å². The SMILES string of the molecule is C[C@@H](O)[C@H](NC(=O)[C@H](CCCCN)NC(=O)[C@H](CCCCN)NC(=O)[C@H](CCCCN)NC(=O)[C@@H](N)CCCCN)C(=O)O. The molecule has 0 bridgehead atoms. The molecule has 0 aliphatic heterocycles.